The monoisotopic (exact) mass is 432 g/mol. The highest BCUT2D eigenvalue weighted by atomic mass is 32.1. The summed E-state index contributed by atoms with van der Waals surface area (Å²) in [6.45, 7) is 4.20. The van der Waals surface area contributed by atoms with Gasteiger partial charge in [0, 0.05) is 63.2 Å². The highest BCUT2D eigenvalue weighted by Crippen LogP contribution is 2.28. The second-order valence-corrected chi connectivity index (χ2v) is 9.78. The molecule has 30 heavy (non-hydrogen) atoms. The molecule has 2 fully saturated rings. The topological polar surface area (TPSA) is 74.8 Å². The van der Waals surface area contributed by atoms with Gasteiger partial charge in [0.25, 0.3) is 0 Å². The van der Waals surface area contributed by atoms with E-state index >= 15 is 0 Å². The second kappa shape index (κ2) is 10.8. The van der Waals surface area contributed by atoms with Crippen LogP contribution in [0.15, 0.2) is 12.1 Å². The fraction of sp³-hybridized carbons (Fsp3) is 0.652. The molecule has 2 heterocycles. The maximum absolute atomic E-state index is 12.4. The number of nitrogens with zero attached hydrogens (tertiary/aromatic N) is 2. The number of amides is 2. The number of ketones is 2. The molecule has 1 saturated heterocycles. The summed E-state index contributed by atoms with van der Waals surface area (Å²) in [4.78, 5) is 54.5. The van der Waals surface area contributed by atoms with Gasteiger partial charge < -0.3 is 9.80 Å². The minimum atomic E-state index is -0.0460. The third kappa shape index (κ3) is 6.49. The molecule has 164 valence electrons. The van der Waals surface area contributed by atoms with Crippen LogP contribution in [-0.4, -0.2) is 59.4 Å². The first-order valence-corrected chi connectivity index (χ1v) is 11.9. The van der Waals surface area contributed by atoms with Crippen LogP contribution in [0.3, 0.4) is 0 Å². The number of piperazine rings is 1. The van der Waals surface area contributed by atoms with Crippen LogP contribution < -0.4 is 0 Å². The van der Waals surface area contributed by atoms with Gasteiger partial charge in [-0.05, 0) is 37.8 Å². The van der Waals surface area contributed by atoms with Gasteiger partial charge in [0.05, 0.1) is 4.88 Å². The molecular weight excluding hydrogens is 400 g/mol. The van der Waals surface area contributed by atoms with Crippen LogP contribution in [0.25, 0.3) is 0 Å². The van der Waals surface area contributed by atoms with E-state index in [1.807, 2.05) is 17.9 Å². The fourth-order valence-electron chi connectivity index (χ4n) is 4.29. The quantitative estimate of drug-likeness (QED) is 0.559. The molecule has 2 amide bonds. The summed E-state index contributed by atoms with van der Waals surface area (Å²) >= 11 is 1.45. The summed E-state index contributed by atoms with van der Waals surface area (Å²) in [5, 5.41) is 0. The Morgan fingerprint density at radius 1 is 0.867 bits per heavy atom. The molecule has 1 aliphatic heterocycles. The van der Waals surface area contributed by atoms with Crippen molar-refractivity contribution in [3.05, 3.63) is 21.9 Å². The lowest BCUT2D eigenvalue weighted by molar-refractivity contribution is -0.140. The number of thiophene rings is 1. The summed E-state index contributed by atoms with van der Waals surface area (Å²) in [6.07, 6.45) is 6.19. The molecule has 6 nitrogen and oxygen atoms in total. The molecule has 0 spiro atoms. The number of Topliss-reactive ketones (excluding diaryl/α,β-unsaturated/α-hetero) is 2. The predicted molar refractivity (Wildman–Crippen MR) is 117 cm³/mol. The molecule has 0 atom stereocenters. The number of carbonyl (C=O) groups excluding carboxylic acids is 4. The average Bonchev–Trinajstić information content (AvgIpc) is 3.42. The lowest BCUT2D eigenvalue weighted by atomic mass is 10.0. The standard InChI is InChI=1S/C23H32N2O4S/c1-17-6-10-21(30-17)20(27)9-7-19(26)8-11-22(28)24-12-14-25(15-13-24)23(29)16-18-4-2-3-5-18/h6,10,18H,2-5,7-9,11-16H2,1H3. The smallest absolute Gasteiger partial charge is 0.223 e. The Labute approximate surface area is 182 Å². The number of hydrogen-bond acceptors (Lipinski definition) is 5. The van der Waals surface area contributed by atoms with Crippen molar-refractivity contribution in [2.75, 3.05) is 26.2 Å². The summed E-state index contributed by atoms with van der Waals surface area (Å²) in [5.74, 6) is 0.668. The van der Waals surface area contributed by atoms with E-state index in [0.29, 0.717) is 43.4 Å². The van der Waals surface area contributed by atoms with Crippen molar-refractivity contribution >= 4 is 34.7 Å². The molecule has 0 aromatic carbocycles. The molecule has 0 radical (unpaired) electrons. The third-order valence-electron chi connectivity index (χ3n) is 6.19. The predicted octanol–water partition coefficient (Wildman–Crippen LogP) is 3.62. The van der Waals surface area contributed by atoms with E-state index in [-0.39, 0.29) is 49.1 Å². The van der Waals surface area contributed by atoms with Gasteiger partial charge in [-0.3, -0.25) is 19.2 Å². The zero-order valence-electron chi connectivity index (χ0n) is 17.9. The first-order chi connectivity index (χ1) is 14.4. The summed E-state index contributed by atoms with van der Waals surface area (Å²) in [5.41, 5.74) is 0. The van der Waals surface area contributed by atoms with E-state index in [4.69, 9.17) is 0 Å². The molecule has 1 saturated carbocycles. The van der Waals surface area contributed by atoms with E-state index in [9.17, 15) is 19.2 Å². The number of rotatable bonds is 9. The summed E-state index contributed by atoms with van der Waals surface area (Å²) < 4.78 is 0. The van der Waals surface area contributed by atoms with Crippen LogP contribution in [-0.2, 0) is 14.4 Å². The zero-order chi connectivity index (χ0) is 21.5. The van der Waals surface area contributed by atoms with Crippen molar-refractivity contribution in [3.63, 3.8) is 0 Å². The van der Waals surface area contributed by atoms with Gasteiger partial charge in [-0.15, -0.1) is 11.3 Å². The maximum atomic E-state index is 12.4. The Morgan fingerprint density at radius 3 is 2.07 bits per heavy atom. The molecule has 0 bridgehead atoms. The van der Waals surface area contributed by atoms with Crippen LogP contribution in [0.2, 0.25) is 0 Å². The number of carbonyl (C=O) groups is 4. The van der Waals surface area contributed by atoms with E-state index in [0.717, 1.165) is 17.7 Å². The van der Waals surface area contributed by atoms with Crippen molar-refractivity contribution < 1.29 is 19.2 Å². The SMILES string of the molecule is Cc1ccc(C(=O)CCC(=O)CCC(=O)N2CCN(C(=O)CC3CCCC3)CC2)s1. The van der Waals surface area contributed by atoms with E-state index < -0.39 is 0 Å². The van der Waals surface area contributed by atoms with Crippen LogP contribution in [0.5, 0.6) is 0 Å². The normalized spacial score (nSPS) is 17.4. The number of aryl methyl sites for hydroxylation is 1. The first-order valence-electron chi connectivity index (χ1n) is 11.1. The second-order valence-electron chi connectivity index (χ2n) is 8.49. The molecule has 1 aromatic rings. The Morgan fingerprint density at radius 2 is 1.47 bits per heavy atom. The minimum absolute atomic E-state index is 0.00818. The van der Waals surface area contributed by atoms with Gasteiger partial charge in [-0.2, -0.15) is 0 Å². The lowest BCUT2D eigenvalue weighted by Crippen LogP contribution is -2.50. The number of hydrogen-bond donors (Lipinski definition) is 0. The van der Waals surface area contributed by atoms with E-state index in [1.54, 1.807) is 11.0 Å². The molecule has 1 aliphatic carbocycles. The summed E-state index contributed by atoms with van der Waals surface area (Å²) in [7, 11) is 0. The highest BCUT2D eigenvalue weighted by Gasteiger charge is 2.27. The minimum Gasteiger partial charge on any atom is -0.339 e. The fourth-order valence-corrected chi connectivity index (χ4v) is 5.12. The molecule has 2 aliphatic rings. The zero-order valence-corrected chi connectivity index (χ0v) is 18.7. The molecule has 0 N–H and O–H groups in total. The van der Waals surface area contributed by atoms with Crippen LogP contribution in [0, 0.1) is 12.8 Å². The van der Waals surface area contributed by atoms with Crippen LogP contribution in [0.1, 0.15) is 72.3 Å². The lowest BCUT2D eigenvalue weighted by Gasteiger charge is -2.35. The first kappa shape index (κ1) is 22.7. The molecule has 1 aromatic heterocycles. The maximum Gasteiger partial charge on any atom is 0.223 e. The molecule has 3 rings (SSSR count). The van der Waals surface area contributed by atoms with Gasteiger partial charge >= 0.3 is 0 Å². The van der Waals surface area contributed by atoms with Crippen LogP contribution in [0.4, 0.5) is 0 Å². The van der Waals surface area contributed by atoms with Gasteiger partial charge in [0.2, 0.25) is 11.8 Å². The van der Waals surface area contributed by atoms with Crippen molar-refractivity contribution in [1.82, 2.24) is 9.80 Å². The molecular formula is C23H32N2O4S. The van der Waals surface area contributed by atoms with Gasteiger partial charge in [-0.25, -0.2) is 0 Å². The molecule has 0 unspecified atom stereocenters. The Bertz CT molecular complexity index is 774. The van der Waals surface area contributed by atoms with Crippen molar-refractivity contribution in [1.29, 1.82) is 0 Å². The third-order valence-corrected chi connectivity index (χ3v) is 7.23. The van der Waals surface area contributed by atoms with Crippen LogP contribution >= 0.6 is 11.3 Å². The average molecular weight is 433 g/mol. The van der Waals surface area contributed by atoms with Gasteiger partial charge in [0.15, 0.2) is 5.78 Å². The Hall–Kier alpha value is -2.02. The van der Waals surface area contributed by atoms with Crippen molar-refractivity contribution in [2.24, 2.45) is 5.92 Å². The largest absolute Gasteiger partial charge is 0.339 e. The van der Waals surface area contributed by atoms with Crippen molar-refractivity contribution in [3.8, 4) is 0 Å². The summed E-state index contributed by atoms with van der Waals surface area (Å²) in [6, 6.07) is 3.70. The highest BCUT2D eigenvalue weighted by molar-refractivity contribution is 7.14. The van der Waals surface area contributed by atoms with Gasteiger partial charge in [0.1, 0.15) is 5.78 Å². The molecule has 7 heteroatoms. The van der Waals surface area contributed by atoms with Gasteiger partial charge in [-0.1, -0.05) is 12.8 Å². The van der Waals surface area contributed by atoms with Crippen molar-refractivity contribution in [2.45, 2.75) is 64.7 Å². The van der Waals surface area contributed by atoms with E-state index in [2.05, 4.69) is 0 Å². The Balaban J connectivity index is 1.31. The Kier molecular flexibility index (Phi) is 8.19. The van der Waals surface area contributed by atoms with E-state index in [1.165, 1.54) is 24.2 Å².